The van der Waals surface area contributed by atoms with Gasteiger partial charge in [-0.2, -0.15) is 4.31 Å². The largest absolute Gasteiger partial charge is 0.352 e. The van der Waals surface area contributed by atoms with E-state index in [-0.39, 0.29) is 29.8 Å². The fourth-order valence-electron chi connectivity index (χ4n) is 3.34. The lowest BCUT2D eigenvalue weighted by molar-refractivity contribution is -0.129. The zero-order valence-corrected chi connectivity index (χ0v) is 18.4. The van der Waals surface area contributed by atoms with Gasteiger partial charge in [0.15, 0.2) is 0 Å². The summed E-state index contributed by atoms with van der Waals surface area (Å²) in [5.41, 5.74) is 0.330. The second-order valence-electron chi connectivity index (χ2n) is 7.07. The summed E-state index contributed by atoms with van der Waals surface area (Å²) in [6.45, 7) is 10.4. The summed E-state index contributed by atoms with van der Waals surface area (Å²) in [5, 5.41) is 2.86. The fourth-order valence-corrected chi connectivity index (χ4v) is 4.81. The fraction of sp³-hybridized carbons (Fsp3) is 0.600. The van der Waals surface area contributed by atoms with Gasteiger partial charge in [0, 0.05) is 45.2 Å². The van der Waals surface area contributed by atoms with Crippen LogP contribution in [-0.4, -0.2) is 86.7 Å². The van der Waals surface area contributed by atoms with Crippen LogP contribution in [0, 0.1) is 0 Å². The van der Waals surface area contributed by atoms with Crippen LogP contribution >= 0.6 is 0 Å². The smallest absolute Gasteiger partial charge is 0.251 e. The van der Waals surface area contributed by atoms with Crippen LogP contribution < -0.4 is 5.32 Å². The number of rotatable bonds is 9. The number of nitrogens with zero attached hydrogens (tertiary/aromatic N) is 3. The number of hydrogen-bond donors (Lipinski definition) is 1. The van der Waals surface area contributed by atoms with E-state index >= 15 is 0 Å². The van der Waals surface area contributed by atoms with Crippen molar-refractivity contribution in [2.24, 2.45) is 0 Å². The van der Waals surface area contributed by atoms with E-state index < -0.39 is 10.0 Å². The highest BCUT2D eigenvalue weighted by atomic mass is 32.2. The number of piperazine rings is 1. The van der Waals surface area contributed by atoms with Gasteiger partial charge in [0.1, 0.15) is 0 Å². The summed E-state index contributed by atoms with van der Waals surface area (Å²) in [7, 11) is -3.70. The molecular weight excluding hydrogens is 392 g/mol. The average molecular weight is 425 g/mol. The maximum absolute atomic E-state index is 12.9. The maximum Gasteiger partial charge on any atom is 0.251 e. The van der Waals surface area contributed by atoms with Crippen LogP contribution in [0.15, 0.2) is 29.2 Å². The third kappa shape index (κ3) is 6.25. The highest BCUT2D eigenvalue weighted by molar-refractivity contribution is 7.89. The second kappa shape index (κ2) is 10.7. The number of sulfonamides is 1. The van der Waals surface area contributed by atoms with Crippen molar-refractivity contribution in [3.63, 3.8) is 0 Å². The molecule has 0 saturated carbocycles. The zero-order valence-electron chi connectivity index (χ0n) is 17.6. The minimum atomic E-state index is -3.70. The Morgan fingerprint density at radius 2 is 1.76 bits per heavy atom. The summed E-state index contributed by atoms with van der Waals surface area (Å²) >= 11 is 0. The Morgan fingerprint density at radius 1 is 1.10 bits per heavy atom. The first-order valence-corrected chi connectivity index (χ1v) is 11.6. The van der Waals surface area contributed by atoms with Crippen molar-refractivity contribution in [2.75, 3.05) is 52.4 Å². The lowest BCUT2D eigenvalue weighted by Crippen LogP contribution is -2.49. The highest BCUT2D eigenvalue weighted by Gasteiger charge is 2.29. The zero-order chi connectivity index (χ0) is 21.4. The van der Waals surface area contributed by atoms with Crippen molar-refractivity contribution in [3.05, 3.63) is 29.8 Å². The molecule has 2 rings (SSSR count). The van der Waals surface area contributed by atoms with E-state index in [0.29, 0.717) is 25.2 Å². The molecule has 9 heteroatoms. The summed E-state index contributed by atoms with van der Waals surface area (Å²) in [4.78, 5) is 27.9. The Kier molecular flexibility index (Phi) is 8.60. The van der Waals surface area contributed by atoms with Gasteiger partial charge in [-0.25, -0.2) is 8.42 Å². The first-order valence-electron chi connectivity index (χ1n) is 10.2. The molecule has 29 heavy (non-hydrogen) atoms. The van der Waals surface area contributed by atoms with Crippen molar-refractivity contribution in [3.8, 4) is 0 Å². The van der Waals surface area contributed by atoms with E-state index in [4.69, 9.17) is 0 Å². The van der Waals surface area contributed by atoms with Gasteiger partial charge in [-0.15, -0.1) is 0 Å². The number of benzene rings is 1. The van der Waals surface area contributed by atoms with Gasteiger partial charge in [-0.3, -0.25) is 9.59 Å². The van der Waals surface area contributed by atoms with Crippen LogP contribution in [0.2, 0.25) is 0 Å². The lowest BCUT2D eigenvalue weighted by atomic mass is 10.2. The molecule has 0 atom stereocenters. The van der Waals surface area contributed by atoms with Crippen molar-refractivity contribution < 1.29 is 18.0 Å². The third-order valence-electron chi connectivity index (χ3n) is 5.25. The molecule has 8 nitrogen and oxygen atoms in total. The van der Waals surface area contributed by atoms with Gasteiger partial charge in [-0.1, -0.05) is 19.9 Å². The Bertz CT molecular complexity index is 800. The SMILES string of the molecule is CCN(CC)CCCNC(=O)c1cccc(S(=O)(=O)N2CCN(C(C)=O)CC2)c1. The number of nitrogens with one attached hydrogen (secondary N) is 1. The minimum Gasteiger partial charge on any atom is -0.352 e. The molecule has 1 aliphatic heterocycles. The molecule has 0 aromatic heterocycles. The number of amides is 2. The molecule has 0 aliphatic carbocycles. The van der Waals surface area contributed by atoms with Crippen molar-refractivity contribution in [1.29, 1.82) is 0 Å². The molecule has 1 aliphatic rings. The Morgan fingerprint density at radius 3 is 2.34 bits per heavy atom. The molecule has 0 radical (unpaired) electrons. The Labute approximate surface area is 173 Å². The van der Waals surface area contributed by atoms with Crippen molar-refractivity contribution in [1.82, 2.24) is 19.4 Å². The number of carbonyl (C=O) groups is 2. The summed E-state index contributed by atoms with van der Waals surface area (Å²) in [6, 6.07) is 6.13. The number of carbonyl (C=O) groups excluding carboxylic acids is 2. The third-order valence-corrected chi connectivity index (χ3v) is 7.14. The molecule has 162 valence electrons. The first-order chi connectivity index (χ1) is 13.8. The summed E-state index contributed by atoms with van der Waals surface area (Å²) < 4.78 is 27.2. The molecule has 1 saturated heterocycles. The van der Waals surface area contributed by atoms with Crippen LogP contribution in [0.5, 0.6) is 0 Å². The van der Waals surface area contributed by atoms with Crippen LogP contribution in [0.1, 0.15) is 37.6 Å². The molecule has 0 bridgehead atoms. The highest BCUT2D eigenvalue weighted by Crippen LogP contribution is 2.19. The Balaban J connectivity index is 1.97. The second-order valence-corrected chi connectivity index (χ2v) is 9.01. The van der Waals surface area contributed by atoms with E-state index in [0.717, 1.165) is 26.1 Å². The van der Waals surface area contributed by atoms with Gasteiger partial charge < -0.3 is 15.1 Å². The van der Waals surface area contributed by atoms with Crippen LogP contribution in [0.3, 0.4) is 0 Å². The monoisotopic (exact) mass is 424 g/mol. The molecule has 1 heterocycles. The van der Waals surface area contributed by atoms with Gasteiger partial charge >= 0.3 is 0 Å². The first kappa shape index (κ1) is 23.3. The number of hydrogen-bond acceptors (Lipinski definition) is 5. The van der Waals surface area contributed by atoms with Gasteiger partial charge in [0.2, 0.25) is 15.9 Å². The van der Waals surface area contributed by atoms with Gasteiger partial charge in [-0.05, 0) is 44.3 Å². The van der Waals surface area contributed by atoms with Crippen molar-refractivity contribution >= 4 is 21.8 Å². The summed E-state index contributed by atoms with van der Waals surface area (Å²) in [6.07, 6.45) is 0.839. The van der Waals surface area contributed by atoms with E-state index in [1.807, 2.05) is 0 Å². The van der Waals surface area contributed by atoms with Crippen molar-refractivity contribution in [2.45, 2.75) is 32.1 Å². The molecule has 0 spiro atoms. The molecule has 1 aromatic rings. The lowest BCUT2D eigenvalue weighted by Gasteiger charge is -2.33. The molecule has 1 fully saturated rings. The predicted molar refractivity (Wildman–Crippen MR) is 112 cm³/mol. The molecule has 2 amide bonds. The molecule has 1 aromatic carbocycles. The van der Waals surface area contributed by atoms with E-state index in [1.54, 1.807) is 17.0 Å². The summed E-state index contributed by atoms with van der Waals surface area (Å²) in [5.74, 6) is -0.329. The normalized spacial score (nSPS) is 15.5. The molecule has 0 unspecified atom stereocenters. The van der Waals surface area contributed by atoms with Crippen LogP contribution in [0.4, 0.5) is 0 Å². The minimum absolute atomic E-state index is 0.0540. The van der Waals surface area contributed by atoms with E-state index in [2.05, 4.69) is 24.1 Å². The topological polar surface area (TPSA) is 90.0 Å². The Hall–Kier alpha value is -1.97. The molecule has 1 N–H and O–H groups in total. The van der Waals surface area contributed by atoms with Gasteiger partial charge in [0.25, 0.3) is 5.91 Å². The quantitative estimate of drug-likeness (QED) is 0.598. The van der Waals surface area contributed by atoms with E-state index in [9.17, 15) is 18.0 Å². The van der Waals surface area contributed by atoms with Crippen LogP contribution in [-0.2, 0) is 14.8 Å². The maximum atomic E-state index is 12.9. The molecular formula is C20H32N4O4S. The van der Waals surface area contributed by atoms with E-state index in [1.165, 1.54) is 23.4 Å². The van der Waals surface area contributed by atoms with Crippen LogP contribution in [0.25, 0.3) is 0 Å². The average Bonchev–Trinajstić information content (AvgIpc) is 2.73. The van der Waals surface area contributed by atoms with Gasteiger partial charge in [0.05, 0.1) is 4.90 Å². The standard InChI is InChI=1S/C20H32N4O4S/c1-4-22(5-2)11-7-10-21-20(26)18-8-6-9-19(16-18)29(27,28)24-14-12-23(13-15-24)17(3)25/h6,8-9,16H,4-5,7,10-15H2,1-3H3,(H,21,26). The predicted octanol–water partition coefficient (Wildman–Crippen LogP) is 1.00.